The molecule has 0 spiro atoms. The summed E-state index contributed by atoms with van der Waals surface area (Å²) in [5.74, 6) is 4.26. The molecule has 0 atom stereocenters. The van der Waals surface area contributed by atoms with Crippen molar-refractivity contribution in [3.8, 4) is 34.5 Å². The van der Waals surface area contributed by atoms with Gasteiger partial charge in [-0.15, -0.1) is 0 Å². The first-order valence-electron chi connectivity index (χ1n) is 13.4. The molecule has 0 saturated heterocycles. The van der Waals surface area contributed by atoms with Crippen molar-refractivity contribution in [2.24, 2.45) is 0 Å². The zero-order valence-electron chi connectivity index (χ0n) is 26.8. The predicted molar refractivity (Wildman–Crippen MR) is 163 cm³/mol. The number of rotatable bonds is 10. The quantitative estimate of drug-likeness (QED) is 0.159. The molecule has 4 rings (SSSR count). The molecule has 0 heterocycles. The molecule has 11 heteroatoms. The number of halogens is 3. The van der Waals surface area contributed by atoms with Gasteiger partial charge in [-0.3, -0.25) is 0 Å². The number of methoxy groups -OCH3 is 6. The van der Waals surface area contributed by atoms with Gasteiger partial charge in [-0.2, -0.15) is 0 Å². The minimum absolute atomic E-state index is 0. The van der Waals surface area contributed by atoms with Crippen LogP contribution in [-0.4, -0.2) is 50.7 Å². The van der Waals surface area contributed by atoms with Gasteiger partial charge in [0.15, 0.2) is 0 Å². The van der Waals surface area contributed by atoms with E-state index in [-0.39, 0.29) is 37.2 Å². The molecule has 3 aromatic carbocycles. The van der Waals surface area contributed by atoms with Gasteiger partial charge in [-0.05, 0) is 0 Å². The van der Waals surface area contributed by atoms with Crippen LogP contribution in [0.3, 0.4) is 0 Å². The van der Waals surface area contributed by atoms with Crippen LogP contribution in [0.25, 0.3) is 0 Å². The molecule has 0 bridgehead atoms. The fraction of sp³-hybridized carbons (Fsp3) is 0.333. The van der Waals surface area contributed by atoms with Crippen LogP contribution < -0.4 is 81.2 Å². The molecule has 236 valence electrons. The smallest absolute Gasteiger partial charge is 1.00 e. The van der Waals surface area contributed by atoms with Gasteiger partial charge in [-0.1, -0.05) is 0 Å². The molecule has 44 heavy (non-hydrogen) atoms. The second kappa shape index (κ2) is 15.8. The molecule has 0 unspecified atom stereocenters. The summed E-state index contributed by atoms with van der Waals surface area (Å²) >= 11 is 2.34. The zero-order valence-corrected chi connectivity index (χ0v) is 31.6. The maximum absolute atomic E-state index is 6.22. The first kappa shape index (κ1) is 39.8. The van der Waals surface area contributed by atoms with Gasteiger partial charge in [0, 0.05) is 0 Å². The zero-order chi connectivity index (χ0) is 30.1. The minimum Gasteiger partial charge on any atom is -1.00 e. The maximum Gasteiger partial charge on any atom is -1.00 e. The Labute approximate surface area is 293 Å². The van der Waals surface area contributed by atoms with E-state index in [1.807, 2.05) is 54.6 Å². The van der Waals surface area contributed by atoms with E-state index in [0.717, 1.165) is 15.6 Å². The largest absolute Gasteiger partial charge is 1.00 e. The minimum atomic E-state index is -3.58. The van der Waals surface area contributed by atoms with Gasteiger partial charge in [-0.25, -0.2) is 0 Å². The summed E-state index contributed by atoms with van der Waals surface area (Å²) in [6.07, 6.45) is 0. The van der Waals surface area contributed by atoms with Gasteiger partial charge >= 0.3 is 258 Å². The molecular weight excluding hydrogens is 675 g/mol. The molecule has 1 aliphatic rings. The third kappa shape index (κ3) is 5.65. The fourth-order valence-electron chi connectivity index (χ4n) is 6.57. The van der Waals surface area contributed by atoms with E-state index in [0.29, 0.717) is 34.5 Å². The second-order valence-corrected chi connectivity index (χ2v) is 15.8. The van der Waals surface area contributed by atoms with Gasteiger partial charge in [0.25, 0.3) is 0 Å². The fourth-order valence-corrected chi connectivity index (χ4v) is 15.6. The Kier molecular flexibility index (Phi) is 14.3. The van der Waals surface area contributed by atoms with E-state index in [1.165, 1.54) is 22.3 Å². The van der Waals surface area contributed by atoms with Gasteiger partial charge < -0.3 is 37.2 Å². The molecule has 0 fully saturated rings. The molecule has 1 aliphatic carbocycles. The second-order valence-electron chi connectivity index (χ2n) is 10.1. The molecule has 0 aromatic heterocycles. The summed E-state index contributed by atoms with van der Waals surface area (Å²) < 4.78 is 36.8. The molecule has 0 radical (unpaired) electrons. The van der Waals surface area contributed by atoms with Crippen LogP contribution in [0.5, 0.6) is 34.5 Å². The predicted octanol–water partition coefficient (Wildman–Crippen LogP) is -3.85. The van der Waals surface area contributed by atoms with Gasteiger partial charge in [0.05, 0.1) is 0 Å². The van der Waals surface area contributed by atoms with E-state index in [4.69, 9.17) is 28.4 Å². The van der Waals surface area contributed by atoms with Crippen LogP contribution in [0.15, 0.2) is 76.9 Å². The number of allylic oxidation sites excluding steroid dienone is 4. The average Bonchev–Trinajstić information content (AvgIpc) is 3.16. The Balaban J connectivity index is 0.00000323. The van der Waals surface area contributed by atoms with Crippen LogP contribution in [0.1, 0.15) is 27.7 Å². The number of benzene rings is 3. The van der Waals surface area contributed by atoms with Crippen molar-refractivity contribution in [2.75, 3.05) is 42.7 Å². The molecule has 3 aromatic rings. The normalized spacial score (nSPS) is 13.7. The van der Waals surface area contributed by atoms with Crippen LogP contribution in [0.2, 0.25) is 3.34 Å². The summed E-state index contributed by atoms with van der Waals surface area (Å²) in [5, 5.41) is 2.83. The average molecular weight is 714 g/mol. The third-order valence-corrected chi connectivity index (χ3v) is 17.3. The summed E-state index contributed by atoms with van der Waals surface area (Å²) in [7, 11) is 6.64. The van der Waals surface area contributed by atoms with Crippen LogP contribution in [0.4, 0.5) is 0 Å². The van der Waals surface area contributed by atoms with E-state index >= 15 is 0 Å². The van der Waals surface area contributed by atoms with Crippen molar-refractivity contribution in [2.45, 2.75) is 31.0 Å². The molecule has 0 aliphatic heterocycles. The summed E-state index contributed by atoms with van der Waals surface area (Å²) in [4.78, 5) is 0. The molecular formula is C33H39Cl3O6SiTi. The van der Waals surface area contributed by atoms with Crippen molar-refractivity contribution in [1.29, 1.82) is 0 Å². The van der Waals surface area contributed by atoms with E-state index in [2.05, 4.69) is 48.1 Å². The Bertz CT molecular complexity index is 1320. The number of ether oxygens (including phenoxy) is 6. The van der Waals surface area contributed by atoms with Crippen molar-refractivity contribution >= 4 is 23.6 Å². The monoisotopic (exact) mass is 712 g/mol. The van der Waals surface area contributed by atoms with Gasteiger partial charge in [0.1, 0.15) is 0 Å². The molecule has 6 nitrogen and oxygen atoms in total. The topological polar surface area (TPSA) is 55.4 Å². The maximum atomic E-state index is 6.22. The third-order valence-electron chi connectivity index (χ3n) is 8.78. The number of hydrogen-bond donors (Lipinski definition) is 0. The van der Waals surface area contributed by atoms with Crippen molar-refractivity contribution in [3.63, 3.8) is 0 Å². The molecule has 0 N–H and O–H groups in total. The van der Waals surface area contributed by atoms with E-state index < -0.39 is 11.4 Å². The Morgan fingerprint density at radius 2 is 0.659 bits per heavy atom. The Hall–Kier alpha value is -2.26. The Morgan fingerprint density at radius 3 is 0.841 bits per heavy atom. The summed E-state index contributed by atoms with van der Waals surface area (Å²) in [6.45, 7) is 8.89. The molecule has 0 amide bonds. The first-order valence-corrected chi connectivity index (χ1v) is 16.2. The van der Waals surface area contributed by atoms with E-state index in [1.54, 1.807) is 42.7 Å². The summed E-state index contributed by atoms with van der Waals surface area (Å²) in [5.41, 5.74) is 5.04. The standard InChI is InChI=1S/C33H39O6Si.3ClH.Ti/c1-20-21(2)23(4)30(22(20)3)40(31-24(34-5)14-11-15-25(31)35-6,32-26(36-7)16-12-17-27(32)37-8)33-28(38-9)18-13-19-29(33)39-10;;;;/h11-19H,1-10H3;3*1H;/q;;;;+3/p-3. The van der Waals surface area contributed by atoms with Crippen molar-refractivity contribution in [3.05, 3.63) is 76.9 Å². The SMILES string of the molecule is COc1cccc(OC)c1[Si](c1c(OC)cccc1OC)(c1c(OC)cccc1OC)[C]1([Ti+3])C(C)=C(C)C(C)=C1C.[Cl-].[Cl-].[Cl-]. The van der Waals surface area contributed by atoms with Crippen LogP contribution >= 0.6 is 0 Å². The van der Waals surface area contributed by atoms with Crippen LogP contribution in [0, 0.1) is 0 Å². The summed E-state index contributed by atoms with van der Waals surface area (Å²) in [6, 6.07) is 17.9. The number of hydrogen-bond acceptors (Lipinski definition) is 6. The first-order chi connectivity index (χ1) is 19.6. The van der Waals surface area contributed by atoms with E-state index in [9.17, 15) is 0 Å². The van der Waals surface area contributed by atoms with Crippen molar-refractivity contribution < 1.29 is 86.1 Å². The van der Waals surface area contributed by atoms with Crippen LogP contribution in [-0.2, 0) is 20.4 Å². The van der Waals surface area contributed by atoms with Gasteiger partial charge in [0.2, 0.25) is 0 Å². The molecule has 0 saturated carbocycles. The Morgan fingerprint density at radius 1 is 0.455 bits per heavy atom. The van der Waals surface area contributed by atoms with Crippen molar-refractivity contribution in [1.82, 2.24) is 0 Å².